The van der Waals surface area contributed by atoms with Crippen LogP contribution in [0, 0.1) is 6.92 Å². The fraction of sp³-hybridized carbons (Fsp3) is 0.500. The zero-order valence-corrected chi connectivity index (χ0v) is 12.9. The zero-order valence-electron chi connectivity index (χ0n) is 12.9. The van der Waals surface area contributed by atoms with E-state index < -0.39 is 0 Å². The molecule has 0 aliphatic rings. The quantitative estimate of drug-likeness (QED) is 0.809. The minimum atomic E-state index is 0.328. The Morgan fingerprint density at radius 2 is 2.05 bits per heavy atom. The van der Waals surface area contributed by atoms with E-state index in [0.717, 1.165) is 25.1 Å². The third-order valence-corrected chi connectivity index (χ3v) is 3.28. The van der Waals surface area contributed by atoms with Gasteiger partial charge in [0.15, 0.2) is 6.61 Å². The fourth-order valence-corrected chi connectivity index (χ4v) is 2.13. The van der Waals surface area contributed by atoms with E-state index in [0.29, 0.717) is 24.4 Å². The number of ether oxygens (including phenoxy) is 1. The Balaban J connectivity index is 1.78. The third kappa shape index (κ3) is 5.19. The first-order chi connectivity index (χ1) is 10.2. The predicted octanol–water partition coefficient (Wildman–Crippen LogP) is 2.89. The van der Waals surface area contributed by atoms with Crippen LogP contribution in [0.2, 0.25) is 0 Å². The molecule has 1 unspecified atom stereocenters. The van der Waals surface area contributed by atoms with Gasteiger partial charge in [-0.2, -0.15) is 4.98 Å². The lowest BCUT2D eigenvalue weighted by atomic mass is 10.1. The molecule has 5 nitrogen and oxygen atoms in total. The Morgan fingerprint density at radius 1 is 1.29 bits per heavy atom. The van der Waals surface area contributed by atoms with Gasteiger partial charge in [-0.05, 0) is 44.0 Å². The molecule has 0 aliphatic carbocycles. The fourth-order valence-electron chi connectivity index (χ4n) is 2.13. The van der Waals surface area contributed by atoms with Crippen molar-refractivity contribution < 1.29 is 9.26 Å². The van der Waals surface area contributed by atoms with Crippen molar-refractivity contribution in [2.24, 2.45) is 0 Å². The summed E-state index contributed by atoms with van der Waals surface area (Å²) in [7, 11) is 0. The largest absolute Gasteiger partial charge is 0.485 e. The molecule has 114 valence electrons. The first-order valence-corrected chi connectivity index (χ1v) is 7.41. The standard InChI is InChI=1S/C16H23N3O2/c1-4-17-12(2)5-6-14-7-9-15(10-8-14)20-11-16-18-13(3)21-19-16/h7-10,12,17H,4-6,11H2,1-3H3. The van der Waals surface area contributed by atoms with Gasteiger partial charge in [-0.3, -0.25) is 0 Å². The molecule has 5 heteroatoms. The first-order valence-electron chi connectivity index (χ1n) is 7.41. The Hall–Kier alpha value is -1.88. The van der Waals surface area contributed by atoms with Gasteiger partial charge in [-0.15, -0.1) is 0 Å². The minimum absolute atomic E-state index is 0.328. The molecule has 1 N–H and O–H groups in total. The maximum atomic E-state index is 5.63. The van der Waals surface area contributed by atoms with Gasteiger partial charge >= 0.3 is 0 Å². The number of nitrogens with zero attached hydrogens (tertiary/aromatic N) is 2. The van der Waals surface area contributed by atoms with E-state index in [-0.39, 0.29) is 0 Å². The average molecular weight is 289 g/mol. The maximum absolute atomic E-state index is 5.63. The third-order valence-electron chi connectivity index (χ3n) is 3.28. The summed E-state index contributed by atoms with van der Waals surface area (Å²) in [6.07, 6.45) is 2.20. The van der Waals surface area contributed by atoms with Crippen LogP contribution in [0.1, 0.15) is 37.5 Å². The van der Waals surface area contributed by atoms with Crippen molar-refractivity contribution in [3.8, 4) is 5.75 Å². The molecule has 1 aromatic carbocycles. The van der Waals surface area contributed by atoms with Crippen molar-refractivity contribution >= 4 is 0 Å². The normalized spacial score (nSPS) is 12.3. The molecule has 0 bridgehead atoms. The summed E-state index contributed by atoms with van der Waals surface area (Å²) in [5.74, 6) is 1.94. The van der Waals surface area contributed by atoms with E-state index in [1.165, 1.54) is 5.56 Å². The Labute approximate surface area is 125 Å². The molecule has 2 aromatic rings. The van der Waals surface area contributed by atoms with Crippen LogP contribution in [0.4, 0.5) is 0 Å². The molecule has 0 fully saturated rings. The van der Waals surface area contributed by atoms with Gasteiger partial charge in [0, 0.05) is 13.0 Å². The first kappa shape index (κ1) is 15.5. The van der Waals surface area contributed by atoms with Crippen molar-refractivity contribution in [2.75, 3.05) is 6.54 Å². The molecule has 2 rings (SSSR count). The Morgan fingerprint density at radius 3 is 2.67 bits per heavy atom. The topological polar surface area (TPSA) is 60.2 Å². The summed E-state index contributed by atoms with van der Waals surface area (Å²) in [5, 5.41) is 7.22. The maximum Gasteiger partial charge on any atom is 0.223 e. The number of rotatable bonds is 8. The number of hydrogen-bond donors (Lipinski definition) is 1. The van der Waals surface area contributed by atoms with E-state index in [2.05, 4.69) is 41.4 Å². The van der Waals surface area contributed by atoms with Gasteiger partial charge < -0.3 is 14.6 Å². The van der Waals surface area contributed by atoms with E-state index >= 15 is 0 Å². The molecule has 1 aromatic heterocycles. The smallest absolute Gasteiger partial charge is 0.223 e. The molecule has 0 aliphatic heterocycles. The minimum Gasteiger partial charge on any atom is -0.485 e. The SMILES string of the molecule is CCNC(C)CCc1ccc(OCc2noc(C)n2)cc1. The molecule has 0 saturated heterocycles. The van der Waals surface area contributed by atoms with Crippen molar-refractivity contribution in [3.05, 3.63) is 41.5 Å². The summed E-state index contributed by atoms with van der Waals surface area (Å²) < 4.78 is 10.5. The molecular weight excluding hydrogens is 266 g/mol. The van der Waals surface area contributed by atoms with Crippen molar-refractivity contribution in [2.45, 2.75) is 46.3 Å². The number of benzene rings is 1. The molecule has 21 heavy (non-hydrogen) atoms. The summed E-state index contributed by atoms with van der Waals surface area (Å²) in [5.41, 5.74) is 1.32. The van der Waals surface area contributed by atoms with Crippen LogP contribution < -0.4 is 10.1 Å². The van der Waals surface area contributed by atoms with E-state index in [1.54, 1.807) is 6.92 Å². The van der Waals surface area contributed by atoms with E-state index in [4.69, 9.17) is 9.26 Å². The summed E-state index contributed by atoms with van der Waals surface area (Å²) in [6, 6.07) is 8.73. The van der Waals surface area contributed by atoms with E-state index in [1.807, 2.05) is 12.1 Å². The Bertz CT molecular complexity index is 537. The molecule has 0 saturated carbocycles. The van der Waals surface area contributed by atoms with Crippen LogP contribution in [-0.2, 0) is 13.0 Å². The molecule has 0 amide bonds. The lowest BCUT2D eigenvalue weighted by Gasteiger charge is -2.12. The highest BCUT2D eigenvalue weighted by Crippen LogP contribution is 2.15. The van der Waals surface area contributed by atoms with Gasteiger partial charge in [0.1, 0.15) is 5.75 Å². The predicted molar refractivity (Wildman–Crippen MR) is 81.3 cm³/mol. The highest BCUT2D eigenvalue weighted by atomic mass is 16.5. The molecule has 0 radical (unpaired) electrons. The van der Waals surface area contributed by atoms with Gasteiger partial charge in [0.25, 0.3) is 0 Å². The van der Waals surface area contributed by atoms with Crippen LogP contribution >= 0.6 is 0 Å². The molecule has 1 atom stereocenters. The van der Waals surface area contributed by atoms with Crippen LogP contribution in [0.25, 0.3) is 0 Å². The number of aryl methyl sites for hydroxylation is 2. The second-order valence-electron chi connectivity index (χ2n) is 5.16. The highest BCUT2D eigenvalue weighted by molar-refractivity contribution is 5.27. The lowest BCUT2D eigenvalue weighted by molar-refractivity contribution is 0.285. The van der Waals surface area contributed by atoms with Gasteiger partial charge in [0.2, 0.25) is 11.7 Å². The van der Waals surface area contributed by atoms with Crippen molar-refractivity contribution in [1.29, 1.82) is 0 Å². The molecular formula is C16H23N3O2. The second kappa shape index (κ2) is 7.78. The molecule has 1 heterocycles. The molecule has 0 spiro atoms. The monoisotopic (exact) mass is 289 g/mol. The summed E-state index contributed by atoms with van der Waals surface area (Å²) in [4.78, 5) is 4.10. The van der Waals surface area contributed by atoms with Crippen LogP contribution in [-0.4, -0.2) is 22.7 Å². The summed E-state index contributed by atoms with van der Waals surface area (Å²) >= 11 is 0. The zero-order chi connectivity index (χ0) is 15.1. The number of hydrogen-bond acceptors (Lipinski definition) is 5. The van der Waals surface area contributed by atoms with Crippen molar-refractivity contribution in [3.63, 3.8) is 0 Å². The average Bonchev–Trinajstić information content (AvgIpc) is 2.90. The Kier molecular flexibility index (Phi) is 5.75. The summed E-state index contributed by atoms with van der Waals surface area (Å²) in [6.45, 7) is 7.46. The van der Waals surface area contributed by atoms with Gasteiger partial charge in [0.05, 0.1) is 0 Å². The van der Waals surface area contributed by atoms with Crippen molar-refractivity contribution in [1.82, 2.24) is 15.5 Å². The number of nitrogens with one attached hydrogen (secondary N) is 1. The highest BCUT2D eigenvalue weighted by Gasteiger charge is 2.04. The second-order valence-corrected chi connectivity index (χ2v) is 5.16. The van der Waals surface area contributed by atoms with Gasteiger partial charge in [-0.1, -0.05) is 24.2 Å². The van der Waals surface area contributed by atoms with Crippen LogP contribution in [0.3, 0.4) is 0 Å². The lowest BCUT2D eigenvalue weighted by Crippen LogP contribution is -2.25. The van der Waals surface area contributed by atoms with E-state index in [9.17, 15) is 0 Å². The number of aromatic nitrogens is 2. The van der Waals surface area contributed by atoms with Gasteiger partial charge in [-0.25, -0.2) is 0 Å². The van der Waals surface area contributed by atoms with Crippen LogP contribution in [0.15, 0.2) is 28.8 Å². The van der Waals surface area contributed by atoms with Crippen LogP contribution in [0.5, 0.6) is 5.75 Å².